The standard InChI is InChI=1S/C19H25N5O/c1-14(2)20-18-11-10-17(22-23-18)19(25)21-15-6-8-16(9-7-15)24-12-4-3-5-13-24/h6-11,14H,3-5,12-13H2,1-2H3,(H,20,23)(H,21,25). The van der Waals surface area contributed by atoms with Crippen molar-refractivity contribution in [2.24, 2.45) is 0 Å². The van der Waals surface area contributed by atoms with Crippen LogP contribution >= 0.6 is 0 Å². The molecule has 0 atom stereocenters. The molecule has 25 heavy (non-hydrogen) atoms. The van der Waals surface area contributed by atoms with Gasteiger partial charge in [-0.1, -0.05) is 0 Å². The third-order valence-corrected chi connectivity index (χ3v) is 4.18. The molecule has 6 nitrogen and oxygen atoms in total. The molecule has 0 bridgehead atoms. The highest BCUT2D eigenvalue weighted by Crippen LogP contribution is 2.22. The SMILES string of the molecule is CC(C)Nc1ccc(C(=O)Nc2ccc(N3CCCCC3)cc2)nn1. The number of aromatic nitrogens is 2. The van der Waals surface area contributed by atoms with Gasteiger partial charge in [0.2, 0.25) is 0 Å². The number of hydrogen-bond acceptors (Lipinski definition) is 5. The number of piperidine rings is 1. The number of rotatable bonds is 5. The average molecular weight is 339 g/mol. The summed E-state index contributed by atoms with van der Waals surface area (Å²) < 4.78 is 0. The molecular weight excluding hydrogens is 314 g/mol. The van der Waals surface area contributed by atoms with E-state index in [9.17, 15) is 4.79 Å². The maximum absolute atomic E-state index is 12.3. The van der Waals surface area contributed by atoms with E-state index in [1.54, 1.807) is 12.1 Å². The first-order valence-electron chi connectivity index (χ1n) is 8.88. The molecule has 2 heterocycles. The normalized spacial score (nSPS) is 14.4. The van der Waals surface area contributed by atoms with Crippen LogP contribution in [0, 0.1) is 0 Å². The highest BCUT2D eigenvalue weighted by atomic mass is 16.1. The minimum absolute atomic E-state index is 0.255. The Balaban J connectivity index is 1.60. The molecule has 0 radical (unpaired) electrons. The van der Waals surface area contributed by atoms with Crippen LogP contribution in [0.15, 0.2) is 36.4 Å². The average Bonchev–Trinajstić information content (AvgIpc) is 2.63. The van der Waals surface area contributed by atoms with Crippen LogP contribution in [0.4, 0.5) is 17.2 Å². The summed E-state index contributed by atoms with van der Waals surface area (Å²) >= 11 is 0. The van der Waals surface area contributed by atoms with E-state index in [0.29, 0.717) is 11.5 Å². The Kier molecular flexibility index (Phi) is 5.48. The van der Waals surface area contributed by atoms with Crippen LogP contribution in [-0.2, 0) is 0 Å². The van der Waals surface area contributed by atoms with Crippen LogP contribution in [0.1, 0.15) is 43.6 Å². The molecule has 1 aromatic carbocycles. The lowest BCUT2D eigenvalue weighted by Gasteiger charge is -2.28. The molecule has 0 unspecified atom stereocenters. The number of anilines is 3. The molecule has 132 valence electrons. The first-order valence-corrected chi connectivity index (χ1v) is 8.88. The van der Waals surface area contributed by atoms with Crippen LogP contribution in [-0.4, -0.2) is 35.2 Å². The smallest absolute Gasteiger partial charge is 0.276 e. The van der Waals surface area contributed by atoms with Gasteiger partial charge in [-0.05, 0) is 69.5 Å². The lowest BCUT2D eigenvalue weighted by atomic mass is 10.1. The van der Waals surface area contributed by atoms with E-state index in [2.05, 4.69) is 37.9 Å². The summed E-state index contributed by atoms with van der Waals surface area (Å²) in [5.41, 5.74) is 2.27. The van der Waals surface area contributed by atoms with Gasteiger partial charge in [0, 0.05) is 30.5 Å². The van der Waals surface area contributed by atoms with Gasteiger partial charge in [0.25, 0.3) is 5.91 Å². The molecule has 1 aliphatic heterocycles. The molecule has 1 fully saturated rings. The Hall–Kier alpha value is -2.63. The summed E-state index contributed by atoms with van der Waals surface area (Å²) in [7, 11) is 0. The van der Waals surface area contributed by atoms with Crippen molar-refractivity contribution in [1.82, 2.24) is 10.2 Å². The molecular formula is C19H25N5O. The minimum atomic E-state index is -0.255. The van der Waals surface area contributed by atoms with Crippen LogP contribution < -0.4 is 15.5 Å². The van der Waals surface area contributed by atoms with E-state index in [1.807, 2.05) is 26.0 Å². The summed E-state index contributed by atoms with van der Waals surface area (Å²) in [4.78, 5) is 14.7. The minimum Gasteiger partial charge on any atom is -0.372 e. The molecule has 0 aliphatic carbocycles. The highest BCUT2D eigenvalue weighted by Gasteiger charge is 2.12. The fourth-order valence-corrected chi connectivity index (χ4v) is 2.93. The summed E-state index contributed by atoms with van der Waals surface area (Å²) in [6.07, 6.45) is 3.81. The van der Waals surface area contributed by atoms with Crippen LogP contribution in [0.5, 0.6) is 0 Å². The van der Waals surface area contributed by atoms with E-state index in [4.69, 9.17) is 0 Å². The topological polar surface area (TPSA) is 70.2 Å². The molecule has 0 spiro atoms. The molecule has 2 N–H and O–H groups in total. The Labute approximate surface area is 148 Å². The van der Waals surface area contributed by atoms with Crippen molar-refractivity contribution in [2.75, 3.05) is 28.6 Å². The molecule has 0 saturated carbocycles. The van der Waals surface area contributed by atoms with Crippen molar-refractivity contribution in [2.45, 2.75) is 39.2 Å². The quantitative estimate of drug-likeness (QED) is 0.872. The molecule has 1 saturated heterocycles. The zero-order chi connectivity index (χ0) is 17.6. The van der Waals surface area contributed by atoms with E-state index in [1.165, 1.54) is 24.9 Å². The Morgan fingerprint density at radius 2 is 1.72 bits per heavy atom. The predicted octanol–water partition coefficient (Wildman–Crippen LogP) is 3.54. The van der Waals surface area contributed by atoms with E-state index >= 15 is 0 Å². The van der Waals surface area contributed by atoms with Crippen LogP contribution in [0.25, 0.3) is 0 Å². The van der Waals surface area contributed by atoms with Crippen LogP contribution in [0.2, 0.25) is 0 Å². The maximum Gasteiger partial charge on any atom is 0.276 e. The Morgan fingerprint density at radius 3 is 2.32 bits per heavy atom. The number of carbonyl (C=O) groups is 1. The van der Waals surface area contributed by atoms with Gasteiger partial charge in [-0.2, -0.15) is 0 Å². The van der Waals surface area contributed by atoms with E-state index < -0.39 is 0 Å². The van der Waals surface area contributed by atoms with Crippen molar-refractivity contribution in [3.8, 4) is 0 Å². The third-order valence-electron chi connectivity index (χ3n) is 4.18. The number of amides is 1. The second-order valence-electron chi connectivity index (χ2n) is 6.65. The first kappa shape index (κ1) is 17.2. The van der Waals surface area contributed by atoms with Gasteiger partial charge >= 0.3 is 0 Å². The summed E-state index contributed by atoms with van der Waals surface area (Å²) in [6.45, 7) is 6.27. The zero-order valence-electron chi connectivity index (χ0n) is 14.8. The lowest BCUT2D eigenvalue weighted by Crippen LogP contribution is -2.29. The van der Waals surface area contributed by atoms with Gasteiger partial charge in [0.1, 0.15) is 5.82 Å². The maximum atomic E-state index is 12.3. The van der Waals surface area contributed by atoms with Crippen molar-refractivity contribution in [3.63, 3.8) is 0 Å². The number of nitrogens with zero attached hydrogens (tertiary/aromatic N) is 3. The van der Waals surface area contributed by atoms with Crippen molar-refractivity contribution >= 4 is 23.1 Å². The largest absolute Gasteiger partial charge is 0.372 e. The lowest BCUT2D eigenvalue weighted by molar-refractivity contribution is 0.102. The molecule has 6 heteroatoms. The van der Waals surface area contributed by atoms with Crippen molar-refractivity contribution < 1.29 is 4.79 Å². The van der Waals surface area contributed by atoms with Gasteiger partial charge in [-0.25, -0.2) is 0 Å². The number of hydrogen-bond donors (Lipinski definition) is 2. The molecule has 1 aliphatic rings. The van der Waals surface area contributed by atoms with Crippen molar-refractivity contribution in [1.29, 1.82) is 0 Å². The number of benzene rings is 1. The summed E-state index contributed by atoms with van der Waals surface area (Å²) in [6, 6.07) is 11.7. The van der Waals surface area contributed by atoms with Gasteiger partial charge in [-0.15, -0.1) is 10.2 Å². The highest BCUT2D eigenvalue weighted by molar-refractivity contribution is 6.02. The Morgan fingerprint density at radius 1 is 1.00 bits per heavy atom. The first-order chi connectivity index (χ1) is 12.1. The third kappa shape index (κ3) is 4.68. The molecule has 3 rings (SSSR count). The fraction of sp³-hybridized carbons (Fsp3) is 0.421. The number of carbonyl (C=O) groups excluding carboxylic acids is 1. The second kappa shape index (κ2) is 7.96. The van der Waals surface area contributed by atoms with Gasteiger partial charge in [0.05, 0.1) is 0 Å². The number of nitrogens with one attached hydrogen (secondary N) is 2. The van der Waals surface area contributed by atoms with E-state index in [0.717, 1.165) is 18.8 Å². The van der Waals surface area contributed by atoms with Gasteiger partial charge in [0.15, 0.2) is 5.69 Å². The Bertz CT molecular complexity index is 691. The van der Waals surface area contributed by atoms with Crippen molar-refractivity contribution in [3.05, 3.63) is 42.1 Å². The van der Waals surface area contributed by atoms with Gasteiger partial charge in [-0.3, -0.25) is 4.79 Å². The summed E-state index contributed by atoms with van der Waals surface area (Å²) in [5.74, 6) is 0.409. The van der Waals surface area contributed by atoms with E-state index in [-0.39, 0.29) is 11.9 Å². The molecule has 1 aromatic heterocycles. The fourth-order valence-electron chi connectivity index (χ4n) is 2.93. The molecule has 1 amide bonds. The summed E-state index contributed by atoms with van der Waals surface area (Å²) in [5, 5.41) is 14.0. The predicted molar refractivity (Wildman–Crippen MR) is 101 cm³/mol. The zero-order valence-corrected chi connectivity index (χ0v) is 14.8. The monoisotopic (exact) mass is 339 g/mol. The van der Waals surface area contributed by atoms with Crippen LogP contribution in [0.3, 0.4) is 0 Å². The van der Waals surface area contributed by atoms with Gasteiger partial charge < -0.3 is 15.5 Å². The second-order valence-corrected chi connectivity index (χ2v) is 6.65. The molecule has 2 aromatic rings.